The van der Waals surface area contributed by atoms with Gasteiger partial charge in [-0.15, -0.1) is 0 Å². The Kier molecular flexibility index (Phi) is 6.57. The highest BCUT2D eigenvalue weighted by Gasteiger charge is 2.33. The van der Waals surface area contributed by atoms with Crippen LogP contribution < -0.4 is 23.8 Å². The number of benzene rings is 3. The number of fused-ring (bicyclic) bond motifs is 2. The van der Waals surface area contributed by atoms with Gasteiger partial charge in [0.2, 0.25) is 0 Å². The maximum atomic E-state index is 6.82. The average Bonchev–Trinajstić information content (AvgIpc) is 2.77. The Morgan fingerprint density at radius 1 is 0.676 bits per heavy atom. The maximum absolute atomic E-state index is 6.82. The molecule has 0 N–H and O–H groups in total. The molecule has 0 saturated heterocycles. The molecular weight excluding hydrogens is 443 g/mol. The van der Waals surface area contributed by atoms with Gasteiger partial charge in [0.25, 0.3) is 0 Å². The molecule has 3 aromatic rings. The molecule has 0 spiro atoms. The number of hydrogen-bond donors (Lipinski definition) is 0. The third-order valence-electron chi connectivity index (χ3n) is 6.06. The Labute approximate surface area is 205 Å². The van der Waals surface area contributed by atoms with Crippen molar-refractivity contribution >= 4 is 13.7 Å². The lowest BCUT2D eigenvalue weighted by Gasteiger charge is -2.33. The van der Waals surface area contributed by atoms with Crippen LogP contribution in [0.15, 0.2) is 54.6 Å². The van der Waals surface area contributed by atoms with Crippen LogP contribution >= 0.6 is 8.38 Å². The smallest absolute Gasteiger partial charge is 0.326 e. The fourth-order valence-electron chi connectivity index (χ4n) is 4.19. The van der Waals surface area contributed by atoms with Crippen LogP contribution in [-0.2, 0) is 17.3 Å². The molecule has 0 atom stereocenters. The monoisotopic (exact) mass is 478 g/mol. The molecule has 180 valence electrons. The van der Waals surface area contributed by atoms with Crippen LogP contribution in [0.3, 0.4) is 0 Å². The second-order valence-electron chi connectivity index (χ2n) is 10.8. The Bertz CT molecular complexity index is 1100. The van der Waals surface area contributed by atoms with E-state index in [1.54, 1.807) is 14.2 Å². The van der Waals surface area contributed by atoms with Gasteiger partial charge in [0.05, 0.1) is 19.5 Å². The van der Waals surface area contributed by atoms with Gasteiger partial charge < -0.3 is 18.5 Å². The van der Waals surface area contributed by atoms with Crippen LogP contribution in [0.5, 0.6) is 23.0 Å². The molecule has 4 rings (SSSR count). The molecule has 0 radical (unpaired) electrons. The predicted octanol–water partition coefficient (Wildman–Crippen LogP) is 7.30. The normalized spacial score (nSPS) is 14.1. The average molecular weight is 479 g/mol. The number of rotatable bonds is 3. The quantitative estimate of drug-likeness (QED) is 0.370. The summed E-state index contributed by atoms with van der Waals surface area (Å²) in [6.45, 7) is 13.2. The van der Waals surface area contributed by atoms with E-state index >= 15 is 0 Å². The third kappa shape index (κ3) is 4.88. The molecule has 1 aliphatic rings. The number of hydrogen-bond acceptors (Lipinski definition) is 4. The maximum Gasteiger partial charge on any atom is 0.326 e. The molecule has 1 aliphatic heterocycles. The van der Waals surface area contributed by atoms with Crippen molar-refractivity contribution < 1.29 is 18.5 Å². The molecule has 5 heteroatoms. The van der Waals surface area contributed by atoms with Crippen LogP contribution in [0.4, 0.5) is 0 Å². The minimum atomic E-state index is -1.42. The van der Waals surface area contributed by atoms with Gasteiger partial charge in [0.15, 0.2) is 0 Å². The molecule has 0 saturated carbocycles. The summed E-state index contributed by atoms with van der Waals surface area (Å²) >= 11 is 0. The zero-order chi connectivity index (χ0) is 24.7. The minimum absolute atomic E-state index is 0.136. The van der Waals surface area contributed by atoms with Crippen molar-refractivity contribution in [2.45, 2.75) is 58.8 Å². The molecule has 34 heavy (non-hydrogen) atoms. The highest BCUT2D eigenvalue weighted by molar-refractivity contribution is 7.56. The molecular formula is C29H35O4P. The van der Waals surface area contributed by atoms with E-state index in [4.69, 9.17) is 18.5 Å². The fourth-order valence-corrected chi connectivity index (χ4v) is 5.62. The van der Waals surface area contributed by atoms with Crippen molar-refractivity contribution in [3.8, 4) is 23.0 Å². The molecule has 0 aromatic heterocycles. The minimum Gasteiger partial charge on any atom is -0.497 e. The molecule has 0 aliphatic carbocycles. The second kappa shape index (κ2) is 9.15. The Balaban J connectivity index is 2.02. The summed E-state index contributed by atoms with van der Waals surface area (Å²) in [6.07, 6.45) is 0.656. The summed E-state index contributed by atoms with van der Waals surface area (Å²) in [5.74, 6) is 3.43. The van der Waals surface area contributed by atoms with E-state index in [2.05, 4.69) is 77.9 Å². The Morgan fingerprint density at radius 3 is 1.50 bits per heavy atom. The summed E-state index contributed by atoms with van der Waals surface area (Å²) in [5, 5.41) is 1.03. The lowest BCUT2D eigenvalue weighted by atomic mass is 9.82. The lowest BCUT2D eigenvalue weighted by Crippen LogP contribution is -2.21. The summed E-state index contributed by atoms with van der Waals surface area (Å²) in [6, 6.07) is 18.6. The van der Waals surface area contributed by atoms with Gasteiger partial charge in [-0.1, -0.05) is 59.7 Å². The fraction of sp³-hybridized carbons (Fsp3) is 0.379. The van der Waals surface area contributed by atoms with E-state index in [9.17, 15) is 0 Å². The topological polar surface area (TPSA) is 36.9 Å². The summed E-state index contributed by atoms with van der Waals surface area (Å²) in [7, 11) is 2.01. The van der Waals surface area contributed by atoms with Crippen molar-refractivity contribution in [2.24, 2.45) is 0 Å². The first-order valence-corrected chi connectivity index (χ1v) is 12.8. The zero-order valence-electron chi connectivity index (χ0n) is 21.5. The van der Waals surface area contributed by atoms with Crippen LogP contribution in [0, 0.1) is 0 Å². The van der Waals surface area contributed by atoms with Crippen molar-refractivity contribution in [3.05, 3.63) is 76.9 Å². The summed E-state index contributed by atoms with van der Waals surface area (Å²) < 4.78 is 25.0. The van der Waals surface area contributed by atoms with Gasteiger partial charge in [-0.05, 0) is 47.2 Å². The van der Waals surface area contributed by atoms with Crippen molar-refractivity contribution in [3.63, 3.8) is 0 Å². The molecule has 4 nitrogen and oxygen atoms in total. The highest BCUT2D eigenvalue weighted by atomic mass is 31.2. The van der Waals surface area contributed by atoms with Crippen molar-refractivity contribution in [2.75, 3.05) is 14.2 Å². The Morgan fingerprint density at radius 2 is 1.12 bits per heavy atom. The molecule has 3 aromatic carbocycles. The summed E-state index contributed by atoms with van der Waals surface area (Å²) in [4.78, 5) is 0. The molecule has 0 fully saturated rings. The zero-order valence-corrected chi connectivity index (χ0v) is 22.4. The van der Waals surface area contributed by atoms with Gasteiger partial charge in [0, 0.05) is 28.7 Å². The largest absolute Gasteiger partial charge is 0.497 e. The van der Waals surface area contributed by atoms with E-state index in [1.165, 1.54) is 0 Å². The van der Waals surface area contributed by atoms with Gasteiger partial charge in [0.1, 0.15) is 23.0 Å². The van der Waals surface area contributed by atoms with Crippen LogP contribution in [0.1, 0.15) is 63.8 Å². The van der Waals surface area contributed by atoms with Crippen LogP contribution in [0.25, 0.3) is 0 Å². The molecule has 1 heterocycles. The molecule has 0 bridgehead atoms. The first-order valence-electron chi connectivity index (χ1n) is 11.6. The third-order valence-corrected chi connectivity index (χ3v) is 7.48. The van der Waals surface area contributed by atoms with Crippen LogP contribution in [0.2, 0.25) is 0 Å². The molecule has 0 unspecified atom stereocenters. The van der Waals surface area contributed by atoms with E-state index < -0.39 is 8.38 Å². The van der Waals surface area contributed by atoms with Gasteiger partial charge >= 0.3 is 8.38 Å². The lowest BCUT2D eigenvalue weighted by molar-refractivity contribution is 0.404. The van der Waals surface area contributed by atoms with E-state index in [0.29, 0.717) is 6.42 Å². The predicted molar refractivity (Wildman–Crippen MR) is 140 cm³/mol. The van der Waals surface area contributed by atoms with E-state index in [-0.39, 0.29) is 10.8 Å². The Hall–Kier alpha value is -2.71. The first-order chi connectivity index (χ1) is 16.0. The number of ether oxygens (including phenoxy) is 2. The van der Waals surface area contributed by atoms with Crippen molar-refractivity contribution in [1.29, 1.82) is 0 Å². The van der Waals surface area contributed by atoms with Gasteiger partial charge in [-0.25, -0.2) is 0 Å². The standard InChI is InChI=1S/C29H35O4P/c1-28(2,3)24-17-21(30-7)15-19-14-20-16-22(31-8)18-25(29(4,5)6)27(20)33-34(32-26(19)24)23-12-10-9-11-13-23/h9-13,15-18H,14H2,1-8H3. The summed E-state index contributed by atoms with van der Waals surface area (Å²) in [5.41, 5.74) is 4.12. The SMILES string of the molecule is COc1cc2c(c(C(C)(C)C)c1)OP(c1ccccc1)Oc1c(cc(OC)cc1C(C)(C)C)C2. The number of methoxy groups -OCH3 is 2. The van der Waals surface area contributed by atoms with Gasteiger partial charge in [-0.3, -0.25) is 0 Å². The van der Waals surface area contributed by atoms with Crippen molar-refractivity contribution in [1.82, 2.24) is 0 Å². The van der Waals surface area contributed by atoms with Crippen LogP contribution in [-0.4, -0.2) is 14.2 Å². The van der Waals surface area contributed by atoms with E-state index in [0.717, 1.165) is 50.6 Å². The highest BCUT2D eigenvalue weighted by Crippen LogP contribution is 2.52. The van der Waals surface area contributed by atoms with Gasteiger partial charge in [-0.2, -0.15) is 0 Å². The second-order valence-corrected chi connectivity index (χ2v) is 12.2. The molecule has 0 amide bonds. The first kappa shape index (κ1) is 24.4. The van der Waals surface area contributed by atoms with E-state index in [1.807, 2.05) is 18.2 Å².